The molecule has 0 unspecified atom stereocenters. The standard InChI is InChI=1S/C27H17Br2N3/c28-23-10-4-8-21(16-23)26-30-25(31-27(32-26)22-9-5-11-24(29)17-22)20-14-12-19(13-15-20)18-6-2-1-3-7-18/h1-17H. The molecule has 5 aromatic rings. The predicted molar refractivity (Wildman–Crippen MR) is 137 cm³/mol. The van der Waals surface area contributed by atoms with Crippen LogP contribution in [0.4, 0.5) is 0 Å². The molecule has 0 aliphatic carbocycles. The fourth-order valence-corrected chi connectivity index (χ4v) is 4.26. The Labute approximate surface area is 203 Å². The van der Waals surface area contributed by atoms with Gasteiger partial charge in [-0.3, -0.25) is 0 Å². The van der Waals surface area contributed by atoms with Crippen molar-refractivity contribution in [3.63, 3.8) is 0 Å². The third-order valence-electron chi connectivity index (χ3n) is 5.05. The monoisotopic (exact) mass is 541 g/mol. The Morgan fingerprint density at radius 2 is 0.781 bits per heavy atom. The van der Waals surface area contributed by atoms with Crippen LogP contribution in [0.15, 0.2) is 112 Å². The fraction of sp³-hybridized carbons (Fsp3) is 0. The van der Waals surface area contributed by atoms with E-state index in [4.69, 9.17) is 15.0 Å². The van der Waals surface area contributed by atoms with Crippen molar-refractivity contribution in [1.82, 2.24) is 15.0 Å². The topological polar surface area (TPSA) is 38.7 Å². The molecule has 0 aliphatic rings. The predicted octanol–water partition coefficient (Wildman–Crippen LogP) is 8.06. The lowest BCUT2D eigenvalue weighted by atomic mass is 10.0. The van der Waals surface area contributed by atoms with Gasteiger partial charge in [-0.1, -0.05) is 111 Å². The first kappa shape index (κ1) is 20.7. The maximum atomic E-state index is 4.81. The van der Waals surface area contributed by atoms with Gasteiger partial charge in [-0.2, -0.15) is 0 Å². The van der Waals surface area contributed by atoms with Gasteiger partial charge in [-0.25, -0.2) is 15.0 Å². The van der Waals surface area contributed by atoms with E-state index in [1.165, 1.54) is 5.56 Å². The first-order valence-corrected chi connectivity index (χ1v) is 11.7. The van der Waals surface area contributed by atoms with Crippen molar-refractivity contribution in [2.24, 2.45) is 0 Å². The molecule has 0 saturated heterocycles. The summed E-state index contributed by atoms with van der Waals surface area (Å²) >= 11 is 7.10. The summed E-state index contributed by atoms with van der Waals surface area (Å²) in [7, 11) is 0. The Hall–Kier alpha value is -3.15. The molecule has 154 valence electrons. The zero-order valence-corrected chi connectivity index (χ0v) is 20.1. The quantitative estimate of drug-likeness (QED) is 0.230. The van der Waals surface area contributed by atoms with Crippen LogP contribution < -0.4 is 0 Å². The van der Waals surface area contributed by atoms with Crippen molar-refractivity contribution in [2.75, 3.05) is 0 Å². The molecule has 0 radical (unpaired) electrons. The van der Waals surface area contributed by atoms with Crippen molar-refractivity contribution in [1.29, 1.82) is 0 Å². The minimum Gasteiger partial charge on any atom is -0.208 e. The summed E-state index contributed by atoms with van der Waals surface area (Å²) in [4.78, 5) is 14.4. The minimum absolute atomic E-state index is 0.637. The maximum absolute atomic E-state index is 4.81. The molecule has 0 amide bonds. The van der Waals surface area contributed by atoms with Crippen molar-refractivity contribution in [3.05, 3.63) is 112 Å². The Bertz CT molecular complexity index is 1320. The average Bonchev–Trinajstić information content (AvgIpc) is 2.84. The zero-order valence-electron chi connectivity index (χ0n) is 16.9. The van der Waals surface area contributed by atoms with Gasteiger partial charge in [0.25, 0.3) is 0 Å². The molecule has 1 aromatic heterocycles. The van der Waals surface area contributed by atoms with Crippen LogP contribution in [0.3, 0.4) is 0 Å². The summed E-state index contributed by atoms with van der Waals surface area (Å²) in [5.74, 6) is 1.92. The van der Waals surface area contributed by atoms with Crippen LogP contribution in [0.1, 0.15) is 0 Å². The highest BCUT2D eigenvalue weighted by atomic mass is 79.9. The lowest BCUT2D eigenvalue weighted by Gasteiger charge is -2.09. The van der Waals surface area contributed by atoms with E-state index < -0.39 is 0 Å². The molecule has 0 atom stereocenters. The molecule has 5 heteroatoms. The third kappa shape index (κ3) is 4.54. The molecule has 5 rings (SSSR count). The number of hydrogen-bond acceptors (Lipinski definition) is 3. The molecule has 0 aliphatic heterocycles. The van der Waals surface area contributed by atoms with E-state index in [-0.39, 0.29) is 0 Å². The number of halogens is 2. The van der Waals surface area contributed by atoms with Crippen LogP contribution in [0, 0.1) is 0 Å². The summed E-state index contributed by atoms with van der Waals surface area (Å²) in [5, 5.41) is 0. The summed E-state index contributed by atoms with van der Waals surface area (Å²) < 4.78 is 1.96. The Morgan fingerprint density at radius 1 is 0.375 bits per heavy atom. The lowest BCUT2D eigenvalue weighted by Crippen LogP contribution is -2.00. The van der Waals surface area contributed by atoms with E-state index >= 15 is 0 Å². The second-order valence-electron chi connectivity index (χ2n) is 7.27. The van der Waals surface area contributed by atoms with Gasteiger partial charge in [0, 0.05) is 25.6 Å². The largest absolute Gasteiger partial charge is 0.208 e. The molecule has 0 saturated carbocycles. The van der Waals surface area contributed by atoms with E-state index in [0.717, 1.165) is 31.2 Å². The van der Waals surface area contributed by atoms with Gasteiger partial charge < -0.3 is 0 Å². The van der Waals surface area contributed by atoms with Crippen LogP contribution in [0.2, 0.25) is 0 Å². The van der Waals surface area contributed by atoms with Crippen molar-refractivity contribution in [2.45, 2.75) is 0 Å². The highest BCUT2D eigenvalue weighted by Gasteiger charge is 2.13. The lowest BCUT2D eigenvalue weighted by molar-refractivity contribution is 1.07. The summed E-state index contributed by atoms with van der Waals surface area (Å²) in [6, 6.07) is 34.6. The van der Waals surface area contributed by atoms with Crippen molar-refractivity contribution >= 4 is 31.9 Å². The average molecular weight is 543 g/mol. The minimum atomic E-state index is 0.637. The molecular formula is C27H17Br2N3. The molecule has 3 nitrogen and oxygen atoms in total. The van der Waals surface area contributed by atoms with Gasteiger partial charge in [0.15, 0.2) is 17.5 Å². The van der Waals surface area contributed by atoms with Gasteiger partial charge in [0.1, 0.15) is 0 Å². The van der Waals surface area contributed by atoms with E-state index in [0.29, 0.717) is 17.5 Å². The molecule has 0 spiro atoms. The first-order valence-electron chi connectivity index (χ1n) is 10.1. The smallest absolute Gasteiger partial charge is 0.164 e. The Kier molecular flexibility index (Phi) is 5.93. The normalized spacial score (nSPS) is 10.8. The maximum Gasteiger partial charge on any atom is 0.164 e. The van der Waals surface area contributed by atoms with E-state index in [2.05, 4.69) is 68.3 Å². The van der Waals surface area contributed by atoms with Gasteiger partial charge in [0.2, 0.25) is 0 Å². The van der Waals surface area contributed by atoms with Crippen LogP contribution in [-0.2, 0) is 0 Å². The van der Waals surface area contributed by atoms with Crippen LogP contribution in [0.25, 0.3) is 45.3 Å². The van der Waals surface area contributed by atoms with E-state index in [1.807, 2.05) is 66.7 Å². The highest BCUT2D eigenvalue weighted by Crippen LogP contribution is 2.28. The van der Waals surface area contributed by atoms with Gasteiger partial charge in [0.05, 0.1) is 0 Å². The van der Waals surface area contributed by atoms with Gasteiger partial charge in [-0.15, -0.1) is 0 Å². The Balaban J connectivity index is 1.62. The number of hydrogen-bond donors (Lipinski definition) is 0. The number of aromatic nitrogens is 3. The molecule has 0 N–H and O–H groups in total. The first-order chi connectivity index (χ1) is 15.7. The molecular weight excluding hydrogens is 526 g/mol. The number of benzene rings is 4. The summed E-state index contributed by atoms with van der Waals surface area (Å²) in [5.41, 5.74) is 5.14. The highest BCUT2D eigenvalue weighted by molar-refractivity contribution is 9.10. The molecule has 1 heterocycles. The van der Waals surface area contributed by atoms with E-state index in [9.17, 15) is 0 Å². The second-order valence-corrected chi connectivity index (χ2v) is 9.10. The number of rotatable bonds is 4. The van der Waals surface area contributed by atoms with E-state index in [1.54, 1.807) is 0 Å². The second kappa shape index (κ2) is 9.15. The molecule has 4 aromatic carbocycles. The summed E-state index contributed by atoms with van der Waals surface area (Å²) in [6.45, 7) is 0. The fourth-order valence-electron chi connectivity index (χ4n) is 3.46. The Morgan fingerprint density at radius 3 is 1.28 bits per heavy atom. The molecule has 0 fully saturated rings. The van der Waals surface area contributed by atoms with Crippen LogP contribution >= 0.6 is 31.9 Å². The van der Waals surface area contributed by atoms with Gasteiger partial charge in [-0.05, 0) is 35.4 Å². The molecule has 0 bridgehead atoms. The van der Waals surface area contributed by atoms with Crippen molar-refractivity contribution in [3.8, 4) is 45.3 Å². The van der Waals surface area contributed by atoms with Crippen LogP contribution in [0.5, 0.6) is 0 Å². The van der Waals surface area contributed by atoms with Crippen molar-refractivity contribution < 1.29 is 0 Å². The van der Waals surface area contributed by atoms with Crippen LogP contribution in [-0.4, -0.2) is 15.0 Å². The third-order valence-corrected chi connectivity index (χ3v) is 6.04. The SMILES string of the molecule is Brc1cccc(-c2nc(-c3ccc(-c4ccccc4)cc3)nc(-c3cccc(Br)c3)n2)c1. The number of nitrogens with zero attached hydrogens (tertiary/aromatic N) is 3. The summed E-state index contributed by atoms with van der Waals surface area (Å²) in [6.07, 6.45) is 0. The molecule has 32 heavy (non-hydrogen) atoms. The zero-order chi connectivity index (χ0) is 21.9. The van der Waals surface area contributed by atoms with Gasteiger partial charge >= 0.3 is 0 Å².